The molecule has 3 heterocycles. The molecule has 0 spiro atoms. The first-order valence-electron chi connectivity index (χ1n) is 10.2. The van der Waals surface area contributed by atoms with Crippen molar-refractivity contribution >= 4 is 5.91 Å². The SMILES string of the molecule is CC(Oc1ccccc1F)C(=O)N1CCc2nc(C3CCN(C)CC3)ncc2C1. The Kier molecular flexibility index (Phi) is 5.76. The zero-order chi connectivity index (χ0) is 20.4. The van der Waals surface area contributed by atoms with E-state index in [0.717, 1.165) is 43.0 Å². The molecule has 1 aromatic heterocycles. The number of amides is 1. The zero-order valence-electron chi connectivity index (χ0n) is 17.0. The first-order chi connectivity index (χ1) is 14.0. The van der Waals surface area contributed by atoms with E-state index in [1.807, 2.05) is 6.20 Å². The number of rotatable bonds is 4. The highest BCUT2D eigenvalue weighted by Crippen LogP contribution is 2.27. The second kappa shape index (κ2) is 8.45. The van der Waals surface area contributed by atoms with Crippen molar-refractivity contribution in [1.29, 1.82) is 0 Å². The number of para-hydroxylation sites is 1. The van der Waals surface area contributed by atoms with E-state index in [4.69, 9.17) is 9.72 Å². The number of nitrogens with zero attached hydrogens (tertiary/aromatic N) is 4. The van der Waals surface area contributed by atoms with Crippen LogP contribution in [0.4, 0.5) is 4.39 Å². The average molecular weight is 398 g/mol. The van der Waals surface area contributed by atoms with Crippen molar-refractivity contribution in [3.05, 3.63) is 53.4 Å². The van der Waals surface area contributed by atoms with Gasteiger partial charge in [-0.1, -0.05) is 12.1 Å². The van der Waals surface area contributed by atoms with Gasteiger partial charge in [0.15, 0.2) is 17.7 Å². The lowest BCUT2D eigenvalue weighted by Gasteiger charge is -2.31. The van der Waals surface area contributed by atoms with Crippen LogP contribution in [0.25, 0.3) is 0 Å². The van der Waals surface area contributed by atoms with Gasteiger partial charge in [-0.05, 0) is 52.0 Å². The summed E-state index contributed by atoms with van der Waals surface area (Å²) in [4.78, 5) is 26.3. The smallest absolute Gasteiger partial charge is 0.263 e. The minimum Gasteiger partial charge on any atom is -0.478 e. The Morgan fingerprint density at radius 2 is 2.00 bits per heavy atom. The molecule has 0 saturated carbocycles. The van der Waals surface area contributed by atoms with Gasteiger partial charge >= 0.3 is 0 Å². The molecule has 2 aromatic rings. The van der Waals surface area contributed by atoms with Crippen molar-refractivity contribution in [3.63, 3.8) is 0 Å². The molecule has 1 aromatic carbocycles. The van der Waals surface area contributed by atoms with Crippen LogP contribution in [0.2, 0.25) is 0 Å². The Morgan fingerprint density at radius 3 is 2.76 bits per heavy atom. The van der Waals surface area contributed by atoms with Crippen LogP contribution >= 0.6 is 0 Å². The number of ether oxygens (including phenoxy) is 1. The third-order valence-corrected chi connectivity index (χ3v) is 5.84. The summed E-state index contributed by atoms with van der Waals surface area (Å²) in [5.74, 6) is 0.833. The predicted octanol–water partition coefficient (Wildman–Crippen LogP) is 2.78. The summed E-state index contributed by atoms with van der Waals surface area (Å²) < 4.78 is 19.4. The molecule has 7 heteroatoms. The molecule has 0 aliphatic carbocycles. The summed E-state index contributed by atoms with van der Waals surface area (Å²) in [5.41, 5.74) is 2.03. The molecule has 0 radical (unpaired) electrons. The third-order valence-electron chi connectivity index (χ3n) is 5.84. The van der Waals surface area contributed by atoms with E-state index in [9.17, 15) is 9.18 Å². The van der Waals surface area contributed by atoms with Crippen LogP contribution < -0.4 is 4.74 Å². The Morgan fingerprint density at radius 1 is 1.24 bits per heavy atom. The van der Waals surface area contributed by atoms with E-state index in [2.05, 4.69) is 16.9 Å². The highest BCUT2D eigenvalue weighted by atomic mass is 19.1. The number of fused-ring (bicyclic) bond motifs is 1. The van der Waals surface area contributed by atoms with Crippen LogP contribution in [0, 0.1) is 5.82 Å². The van der Waals surface area contributed by atoms with Gasteiger partial charge in [0, 0.05) is 37.2 Å². The third kappa shape index (κ3) is 4.40. The first kappa shape index (κ1) is 19.8. The van der Waals surface area contributed by atoms with Gasteiger partial charge in [0.25, 0.3) is 5.91 Å². The molecule has 2 aliphatic heterocycles. The fourth-order valence-electron chi connectivity index (χ4n) is 4.02. The largest absolute Gasteiger partial charge is 0.478 e. The maximum Gasteiger partial charge on any atom is 0.263 e. The van der Waals surface area contributed by atoms with Crippen LogP contribution in [0.5, 0.6) is 5.75 Å². The molecule has 1 amide bonds. The number of halogens is 1. The van der Waals surface area contributed by atoms with Crippen LogP contribution in [0.1, 0.15) is 42.8 Å². The first-order valence-corrected chi connectivity index (χ1v) is 10.2. The van der Waals surface area contributed by atoms with Gasteiger partial charge in [0.1, 0.15) is 5.82 Å². The molecule has 1 saturated heterocycles. The summed E-state index contributed by atoms with van der Waals surface area (Å²) in [6.07, 6.45) is 4.00. The summed E-state index contributed by atoms with van der Waals surface area (Å²) in [7, 11) is 2.15. The fourth-order valence-corrected chi connectivity index (χ4v) is 4.02. The number of piperidine rings is 1. The Labute approximate surface area is 170 Å². The van der Waals surface area contributed by atoms with E-state index in [1.165, 1.54) is 12.1 Å². The van der Waals surface area contributed by atoms with Crippen molar-refractivity contribution in [2.75, 3.05) is 26.7 Å². The van der Waals surface area contributed by atoms with Gasteiger partial charge in [0.2, 0.25) is 0 Å². The molecular weight excluding hydrogens is 371 g/mol. The predicted molar refractivity (Wildman–Crippen MR) is 107 cm³/mol. The van der Waals surface area contributed by atoms with Crippen LogP contribution in [0.3, 0.4) is 0 Å². The molecule has 6 nitrogen and oxygen atoms in total. The topological polar surface area (TPSA) is 58.6 Å². The van der Waals surface area contributed by atoms with E-state index >= 15 is 0 Å². The average Bonchev–Trinajstić information content (AvgIpc) is 2.74. The number of hydrogen-bond acceptors (Lipinski definition) is 5. The molecule has 29 heavy (non-hydrogen) atoms. The molecule has 1 unspecified atom stereocenters. The Balaban J connectivity index is 1.40. The number of benzene rings is 1. The Bertz CT molecular complexity index is 883. The number of hydrogen-bond donors (Lipinski definition) is 0. The van der Waals surface area contributed by atoms with E-state index in [1.54, 1.807) is 24.0 Å². The van der Waals surface area contributed by atoms with E-state index < -0.39 is 11.9 Å². The lowest BCUT2D eigenvalue weighted by molar-refractivity contribution is -0.139. The van der Waals surface area contributed by atoms with Gasteiger partial charge in [0.05, 0.1) is 5.69 Å². The van der Waals surface area contributed by atoms with Gasteiger partial charge in [-0.15, -0.1) is 0 Å². The van der Waals surface area contributed by atoms with Crippen molar-refractivity contribution in [1.82, 2.24) is 19.8 Å². The van der Waals surface area contributed by atoms with Crippen molar-refractivity contribution in [3.8, 4) is 5.75 Å². The van der Waals surface area contributed by atoms with Crippen molar-refractivity contribution in [2.45, 2.75) is 44.8 Å². The summed E-state index contributed by atoms with van der Waals surface area (Å²) in [5, 5.41) is 0. The lowest BCUT2D eigenvalue weighted by Crippen LogP contribution is -2.43. The highest BCUT2D eigenvalue weighted by molar-refractivity contribution is 5.81. The molecule has 0 N–H and O–H groups in total. The lowest BCUT2D eigenvalue weighted by atomic mass is 9.95. The van der Waals surface area contributed by atoms with Crippen molar-refractivity contribution in [2.24, 2.45) is 0 Å². The minimum atomic E-state index is -0.757. The molecular formula is C22H27FN4O2. The monoisotopic (exact) mass is 398 g/mol. The van der Waals surface area contributed by atoms with Gasteiger partial charge in [-0.2, -0.15) is 0 Å². The van der Waals surface area contributed by atoms with E-state index in [0.29, 0.717) is 25.4 Å². The molecule has 154 valence electrons. The zero-order valence-corrected chi connectivity index (χ0v) is 17.0. The number of carbonyl (C=O) groups excluding carboxylic acids is 1. The summed E-state index contributed by atoms with van der Waals surface area (Å²) in [6, 6.07) is 6.13. The fraction of sp³-hybridized carbons (Fsp3) is 0.500. The van der Waals surface area contributed by atoms with Crippen LogP contribution in [-0.2, 0) is 17.8 Å². The quantitative estimate of drug-likeness (QED) is 0.793. The van der Waals surface area contributed by atoms with Crippen LogP contribution in [-0.4, -0.2) is 58.5 Å². The highest BCUT2D eigenvalue weighted by Gasteiger charge is 2.28. The Hall–Kier alpha value is -2.54. The van der Waals surface area contributed by atoms with Gasteiger partial charge < -0.3 is 14.5 Å². The maximum atomic E-state index is 13.8. The number of likely N-dealkylation sites (tertiary alicyclic amines) is 1. The van der Waals surface area contributed by atoms with Crippen molar-refractivity contribution < 1.29 is 13.9 Å². The summed E-state index contributed by atoms with van der Waals surface area (Å²) >= 11 is 0. The molecule has 4 rings (SSSR count). The molecule has 0 bridgehead atoms. The van der Waals surface area contributed by atoms with E-state index in [-0.39, 0.29) is 11.7 Å². The molecule has 1 fully saturated rings. The number of carbonyl (C=O) groups is 1. The van der Waals surface area contributed by atoms with Crippen LogP contribution in [0.15, 0.2) is 30.5 Å². The molecule has 2 aliphatic rings. The second-order valence-electron chi connectivity index (χ2n) is 7.98. The normalized spacial score (nSPS) is 18.9. The van der Waals surface area contributed by atoms with Gasteiger partial charge in [-0.25, -0.2) is 14.4 Å². The standard InChI is InChI=1S/C22H27FN4O2/c1-15(29-20-6-4-3-5-18(20)23)22(28)27-12-9-19-17(14-27)13-24-21(25-19)16-7-10-26(2)11-8-16/h3-6,13,15-16H,7-12,14H2,1-2H3. The number of aromatic nitrogens is 2. The summed E-state index contributed by atoms with van der Waals surface area (Å²) in [6.45, 7) is 4.86. The maximum absolute atomic E-state index is 13.8. The second-order valence-corrected chi connectivity index (χ2v) is 7.98. The minimum absolute atomic E-state index is 0.0943. The van der Waals surface area contributed by atoms with Gasteiger partial charge in [-0.3, -0.25) is 4.79 Å². The molecule has 1 atom stereocenters.